The van der Waals surface area contributed by atoms with Crippen molar-refractivity contribution in [3.8, 4) is 5.75 Å². The summed E-state index contributed by atoms with van der Waals surface area (Å²) < 4.78 is 5.36. The van der Waals surface area contributed by atoms with Crippen LogP contribution in [0.1, 0.15) is 31.7 Å². The molecule has 1 aromatic rings. The molecule has 1 amide bonds. The van der Waals surface area contributed by atoms with E-state index in [9.17, 15) is 4.79 Å². The Morgan fingerprint density at radius 2 is 2.00 bits per heavy atom. The molecule has 3 nitrogen and oxygen atoms in total. The summed E-state index contributed by atoms with van der Waals surface area (Å²) in [5.74, 6) is 3.12. The zero-order valence-corrected chi connectivity index (χ0v) is 12.3. The van der Waals surface area contributed by atoms with Crippen LogP contribution in [-0.4, -0.2) is 19.1 Å². The second-order valence-corrected chi connectivity index (χ2v) is 6.35. The molecule has 2 aliphatic rings. The van der Waals surface area contributed by atoms with Gasteiger partial charge in [0, 0.05) is 12.0 Å². The maximum absolute atomic E-state index is 12.2. The topological polar surface area (TPSA) is 38.3 Å². The Bertz CT molecular complexity index is 490. The zero-order valence-electron chi connectivity index (χ0n) is 12.3. The van der Waals surface area contributed by atoms with Crippen LogP contribution in [0.3, 0.4) is 0 Å². The first-order chi connectivity index (χ1) is 9.67. The number of carbonyl (C=O) groups is 1. The first kappa shape index (κ1) is 13.5. The first-order valence-corrected chi connectivity index (χ1v) is 7.59. The summed E-state index contributed by atoms with van der Waals surface area (Å²) in [7, 11) is 1.69. The molecular weight excluding hydrogens is 250 g/mol. The van der Waals surface area contributed by atoms with E-state index in [4.69, 9.17) is 4.74 Å². The van der Waals surface area contributed by atoms with Crippen LogP contribution >= 0.6 is 0 Å². The monoisotopic (exact) mass is 273 g/mol. The fraction of sp³-hybridized carbons (Fsp3) is 0.588. The van der Waals surface area contributed by atoms with Gasteiger partial charge in [-0.15, -0.1) is 0 Å². The molecular formula is C17H23NO2. The molecule has 2 fully saturated rings. The number of fused-ring (bicyclic) bond motifs is 1. The molecule has 0 aliphatic heterocycles. The minimum absolute atomic E-state index is 0.149. The van der Waals surface area contributed by atoms with Gasteiger partial charge in [0.25, 0.3) is 0 Å². The minimum Gasteiger partial charge on any atom is -0.496 e. The van der Waals surface area contributed by atoms with E-state index >= 15 is 0 Å². The first-order valence-electron chi connectivity index (χ1n) is 7.59. The summed E-state index contributed by atoms with van der Waals surface area (Å²) in [5, 5.41) is 3.17. The quantitative estimate of drug-likeness (QED) is 0.896. The lowest BCUT2D eigenvalue weighted by atomic mass is 10.0. The fourth-order valence-corrected chi connectivity index (χ4v) is 3.54. The predicted octanol–water partition coefficient (Wildman–Crippen LogP) is 2.79. The van der Waals surface area contributed by atoms with E-state index in [-0.39, 0.29) is 17.9 Å². The van der Waals surface area contributed by atoms with Crippen molar-refractivity contribution >= 4 is 5.91 Å². The molecule has 3 rings (SSSR count). The number of methoxy groups -OCH3 is 1. The maximum Gasteiger partial charge on any atom is 0.223 e. The number of hydrogen-bond acceptors (Lipinski definition) is 2. The summed E-state index contributed by atoms with van der Waals surface area (Å²) in [5.41, 5.74) is 1.15. The lowest BCUT2D eigenvalue weighted by Crippen LogP contribution is -2.38. The highest BCUT2D eigenvalue weighted by Crippen LogP contribution is 2.54. The van der Waals surface area contributed by atoms with E-state index in [1.54, 1.807) is 7.11 Å². The number of benzene rings is 1. The third-order valence-corrected chi connectivity index (χ3v) is 4.72. The second kappa shape index (κ2) is 5.47. The molecule has 0 spiro atoms. The summed E-state index contributed by atoms with van der Waals surface area (Å²) >= 11 is 0. The van der Waals surface area contributed by atoms with Crippen LogP contribution in [0.2, 0.25) is 0 Å². The van der Waals surface area contributed by atoms with Gasteiger partial charge in [0.15, 0.2) is 0 Å². The average molecular weight is 273 g/mol. The molecule has 3 heteroatoms. The molecule has 0 radical (unpaired) electrons. The molecule has 2 aliphatic carbocycles. The third kappa shape index (κ3) is 2.82. The van der Waals surface area contributed by atoms with Crippen LogP contribution in [0, 0.1) is 17.8 Å². The van der Waals surface area contributed by atoms with Crippen molar-refractivity contribution < 1.29 is 9.53 Å². The van der Waals surface area contributed by atoms with Crippen molar-refractivity contribution in [2.24, 2.45) is 17.8 Å². The molecule has 0 bridgehead atoms. The fourth-order valence-electron chi connectivity index (χ4n) is 3.54. The standard InChI is InChI=1S/C17H23NO2/c1-11(7-12-5-3-4-6-16(12)20-2)18-17(19)15-9-13-8-14(13)10-15/h3-6,11,13-15H,7-10H2,1-2H3,(H,18,19). The number of para-hydroxylation sites is 1. The van der Waals surface area contributed by atoms with E-state index in [1.807, 2.05) is 18.2 Å². The highest BCUT2D eigenvalue weighted by Gasteiger charge is 2.48. The van der Waals surface area contributed by atoms with Gasteiger partial charge in [-0.05, 0) is 56.1 Å². The Morgan fingerprint density at radius 3 is 2.70 bits per heavy atom. The Morgan fingerprint density at radius 1 is 1.30 bits per heavy atom. The van der Waals surface area contributed by atoms with Crippen LogP contribution in [-0.2, 0) is 11.2 Å². The predicted molar refractivity (Wildman–Crippen MR) is 78.6 cm³/mol. The van der Waals surface area contributed by atoms with Gasteiger partial charge >= 0.3 is 0 Å². The molecule has 1 aromatic carbocycles. The van der Waals surface area contributed by atoms with Gasteiger partial charge in [-0.25, -0.2) is 0 Å². The second-order valence-electron chi connectivity index (χ2n) is 6.35. The zero-order chi connectivity index (χ0) is 14.1. The lowest BCUT2D eigenvalue weighted by Gasteiger charge is -2.19. The van der Waals surface area contributed by atoms with Gasteiger partial charge in [-0.3, -0.25) is 4.79 Å². The average Bonchev–Trinajstić information content (AvgIpc) is 3.05. The molecule has 2 saturated carbocycles. The molecule has 108 valence electrons. The molecule has 3 atom stereocenters. The smallest absolute Gasteiger partial charge is 0.223 e. The van der Waals surface area contributed by atoms with Crippen molar-refractivity contribution in [1.29, 1.82) is 0 Å². The molecule has 3 unspecified atom stereocenters. The highest BCUT2D eigenvalue weighted by atomic mass is 16.5. The SMILES string of the molecule is COc1ccccc1CC(C)NC(=O)C1CC2CC2C1. The maximum atomic E-state index is 12.2. The van der Waals surface area contributed by atoms with Crippen molar-refractivity contribution in [2.45, 2.75) is 38.6 Å². The van der Waals surface area contributed by atoms with Crippen molar-refractivity contribution in [2.75, 3.05) is 7.11 Å². The Hall–Kier alpha value is -1.51. The van der Waals surface area contributed by atoms with Crippen molar-refractivity contribution in [1.82, 2.24) is 5.32 Å². The Kier molecular flexibility index (Phi) is 3.68. The van der Waals surface area contributed by atoms with Gasteiger partial charge < -0.3 is 10.1 Å². The van der Waals surface area contributed by atoms with E-state index in [0.29, 0.717) is 0 Å². The summed E-state index contributed by atoms with van der Waals surface area (Å²) in [6.07, 6.45) is 4.39. The van der Waals surface area contributed by atoms with E-state index in [1.165, 1.54) is 6.42 Å². The number of hydrogen-bond donors (Lipinski definition) is 1. The van der Waals surface area contributed by atoms with Gasteiger partial charge in [0.2, 0.25) is 5.91 Å². The number of nitrogens with one attached hydrogen (secondary N) is 1. The largest absolute Gasteiger partial charge is 0.496 e. The van der Waals surface area contributed by atoms with Gasteiger partial charge in [-0.1, -0.05) is 18.2 Å². The summed E-state index contributed by atoms with van der Waals surface area (Å²) in [6.45, 7) is 2.07. The molecule has 1 N–H and O–H groups in total. The van der Waals surface area contributed by atoms with Crippen molar-refractivity contribution in [3.05, 3.63) is 29.8 Å². The molecule has 0 saturated heterocycles. The molecule has 20 heavy (non-hydrogen) atoms. The number of rotatable bonds is 5. The van der Waals surface area contributed by atoms with E-state index < -0.39 is 0 Å². The van der Waals surface area contributed by atoms with E-state index in [0.717, 1.165) is 42.4 Å². The number of carbonyl (C=O) groups excluding carboxylic acids is 1. The molecule has 0 aromatic heterocycles. The van der Waals surface area contributed by atoms with Crippen LogP contribution in [0.15, 0.2) is 24.3 Å². The Balaban J connectivity index is 1.53. The van der Waals surface area contributed by atoms with Crippen LogP contribution in [0.25, 0.3) is 0 Å². The van der Waals surface area contributed by atoms with Crippen LogP contribution in [0.5, 0.6) is 5.75 Å². The van der Waals surface area contributed by atoms with Crippen molar-refractivity contribution in [3.63, 3.8) is 0 Å². The summed E-state index contributed by atoms with van der Waals surface area (Å²) in [4.78, 5) is 12.2. The minimum atomic E-state index is 0.149. The molecule has 0 heterocycles. The number of amides is 1. The number of ether oxygens (including phenoxy) is 1. The van der Waals surface area contributed by atoms with Gasteiger partial charge in [-0.2, -0.15) is 0 Å². The third-order valence-electron chi connectivity index (χ3n) is 4.72. The Labute approximate surface area is 120 Å². The van der Waals surface area contributed by atoms with E-state index in [2.05, 4.69) is 18.3 Å². The van der Waals surface area contributed by atoms with Crippen LogP contribution < -0.4 is 10.1 Å². The van der Waals surface area contributed by atoms with Gasteiger partial charge in [0.1, 0.15) is 5.75 Å². The van der Waals surface area contributed by atoms with Crippen LogP contribution in [0.4, 0.5) is 0 Å². The normalized spacial score (nSPS) is 28.6. The highest BCUT2D eigenvalue weighted by molar-refractivity contribution is 5.79. The lowest BCUT2D eigenvalue weighted by molar-refractivity contribution is -0.125. The summed E-state index contributed by atoms with van der Waals surface area (Å²) in [6, 6.07) is 8.16. The van der Waals surface area contributed by atoms with Gasteiger partial charge in [0.05, 0.1) is 7.11 Å².